The molecule has 0 heterocycles. The van der Waals surface area contributed by atoms with Crippen molar-refractivity contribution in [2.24, 2.45) is 11.1 Å². The van der Waals surface area contributed by atoms with Gasteiger partial charge in [-0.2, -0.15) is 0 Å². The van der Waals surface area contributed by atoms with Crippen LogP contribution in [0.4, 0.5) is 0 Å². The molecule has 0 saturated carbocycles. The molecule has 90 valence electrons. The Kier molecular flexibility index (Phi) is 4.78. The third-order valence-corrected chi connectivity index (χ3v) is 2.76. The third-order valence-electron chi connectivity index (χ3n) is 2.52. The molecule has 1 aromatic carbocycles. The van der Waals surface area contributed by atoms with Gasteiger partial charge in [0.1, 0.15) is 0 Å². The number of ether oxygens (including phenoxy) is 1. The van der Waals surface area contributed by atoms with E-state index in [-0.39, 0.29) is 11.5 Å². The van der Waals surface area contributed by atoms with Crippen LogP contribution in [-0.4, -0.2) is 12.6 Å². The van der Waals surface area contributed by atoms with E-state index in [1.807, 2.05) is 24.3 Å². The minimum Gasteiger partial charge on any atom is -0.372 e. The molecule has 0 spiro atoms. The molecule has 0 fully saturated rings. The summed E-state index contributed by atoms with van der Waals surface area (Å²) in [5.41, 5.74) is 6.84. The summed E-state index contributed by atoms with van der Waals surface area (Å²) in [5.74, 6) is 0. The Bertz CT molecular complexity index is 333. The molecule has 0 aromatic heterocycles. The Hall–Kier alpha value is -0.570. The Morgan fingerprint density at radius 3 is 2.56 bits per heavy atom. The number of rotatable bonds is 4. The fourth-order valence-electron chi connectivity index (χ4n) is 1.50. The number of benzene rings is 1. The molecule has 2 nitrogen and oxygen atoms in total. The molecule has 0 aliphatic heterocycles. The van der Waals surface area contributed by atoms with Crippen LogP contribution in [0.5, 0.6) is 0 Å². The zero-order chi connectivity index (χ0) is 12.2. The van der Waals surface area contributed by atoms with Crippen LogP contribution in [0.15, 0.2) is 24.3 Å². The first-order valence-electron chi connectivity index (χ1n) is 5.49. The first-order chi connectivity index (χ1) is 7.43. The Morgan fingerprint density at radius 2 is 2.06 bits per heavy atom. The van der Waals surface area contributed by atoms with Crippen molar-refractivity contribution in [2.75, 3.05) is 6.54 Å². The minimum atomic E-state index is 0.0616. The lowest BCUT2D eigenvalue weighted by molar-refractivity contribution is -0.0216. The molecular formula is C13H20ClNO. The molecule has 1 rings (SSSR count). The van der Waals surface area contributed by atoms with E-state index in [0.29, 0.717) is 13.2 Å². The van der Waals surface area contributed by atoms with Crippen molar-refractivity contribution in [3.63, 3.8) is 0 Å². The van der Waals surface area contributed by atoms with E-state index in [1.54, 1.807) is 0 Å². The minimum absolute atomic E-state index is 0.0616. The zero-order valence-electron chi connectivity index (χ0n) is 10.2. The summed E-state index contributed by atoms with van der Waals surface area (Å²) in [6.07, 6.45) is 0.0616. The molecule has 0 aliphatic carbocycles. The van der Waals surface area contributed by atoms with Gasteiger partial charge in [-0.05, 0) is 23.1 Å². The molecule has 0 bridgehead atoms. The largest absolute Gasteiger partial charge is 0.372 e. The van der Waals surface area contributed by atoms with Gasteiger partial charge in [-0.3, -0.25) is 0 Å². The molecule has 3 heteroatoms. The zero-order valence-corrected chi connectivity index (χ0v) is 10.9. The van der Waals surface area contributed by atoms with Gasteiger partial charge in [-0.25, -0.2) is 0 Å². The van der Waals surface area contributed by atoms with Gasteiger partial charge in [0.05, 0.1) is 12.7 Å². The Balaban J connectivity index is 2.56. The summed E-state index contributed by atoms with van der Waals surface area (Å²) >= 11 is 5.90. The van der Waals surface area contributed by atoms with E-state index < -0.39 is 0 Å². The van der Waals surface area contributed by atoms with E-state index in [1.165, 1.54) is 0 Å². The second-order valence-corrected chi connectivity index (χ2v) is 5.47. The van der Waals surface area contributed by atoms with Crippen molar-refractivity contribution in [1.29, 1.82) is 0 Å². The van der Waals surface area contributed by atoms with Crippen molar-refractivity contribution < 1.29 is 4.74 Å². The van der Waals surface area contributed by atoms with Crippen LogP contribution in [0.25, 0.3) is 0 Å². The molecule has 0 radical (unpaired) electrons. The smallest absolute Gasteiger partial charge is 0.0749 e. The molecule has 0 aliphatic rings. The summed E-state index contributed by atoms with van der Waals surface area (Å²) < 4.78 is 5.81. The molecule has 0 saturated heterocycles. The van der Waals surface area contributed by atoms with Gasteiger partial charge in [0.2, 0.25) is 0 Å². The van der Waals surface area contributed by atoms with Crippen molar-refractivity contribution in [3.8, 4) is 0 Å². The fourth-order valence-corrected chi connectivity index (χ4v) is 1.71. The maximum Gasteiger partial charge on any atom is 0.0749 e. The summed E-state index contributed by atoms with van der Waals surface area (Å²) in [5, 5.41) is 0.737. The van der Waals surface area contributed by atoms with E-state index >= 15 is 0 Å². The van der Waals surface area contributed by atoms with Crippen LogP contribution in [0.2, 0.25) is 5.02 Å². The molecular weight excluding hydrogens is 222 g/mol. The van der Waals surface area contributed by atoms with Crippen LogP contribution >= 0.6 is 11.6 Å². The van der Waals surface area contributed by atoms with Gasteiger partial charge in [-0.1, -0.05) is 44.5 Å². The maximum atomic E-state index is 5.90. The first-order valence-corrected chi connectivity index (χ1v) is 5.87. The quantitative estimate of drug-likeness (QED) is 0.879. The highest BCUT2D eigenvalue weighted by Gasteiger charge is 2.23. The summed E-state index contributed by atoms with van der Waals surface area (Å²) in [4.78, 5) is 0. The van der Waals surface area contributed by atoms with Crippen LogP contribution in [-0.2, 0) is 11.3 Å². The molecule has 0 amide bonds. The van der Waals surface area contributed by atoms with E-state index in [9.17, 15) is 0 Å². The second-order valence-electron chi connectivity index (χ2n) is 5.03. The van der Waals surface area contributed by atoms with Crippen LogP contribution in [0.1, 0.15) is 26.3 Å². The average molecular weight is 242 g/mol. The van der Waals surface area contributed by atoms with Crippen LogP contribution < -0.4 is 5.73 Å². The second kappa shape index (κ2) is 5.67. The van der Waals surface area contributed by atoms with Gasteiger partial charge in [0.25, 0.3) is 0 Å². The maximum absolute atomic E-state index is 5.90. The van der Waals surface area contributed by atoms with Crippen molar-refractivity contribution in [2.45, 2.75) is 33.5 Å². The lowest BCUT2D eigenvalue weighted by Gasteiger charge is -2.29. The molecule has 16 heavy (non-hydrogen) atoms. The number of nitrogens with two attached hydrogens (primary N) is 1. The highest BCUT2D eigenvalue weighted by atomic mass is 35.5. The van der Waals surface area contributed by atoms with Gasteiger partial charge in [-0.15, -0.1) is 0 Å². The van der Waals surface area contributed by atoms with E-state index in [4.69, 9.17) is 22.1 Å². The molecule has 1 atom stereocenters. The average Bonchev–Trinajstić information content (AvgIpc) is 2.16. The van der Waals surface area contributed by atoms with Crippen LogP contribution in [0, 0.1) is 5.41 Å². The standard InChI is InChI=1S/C13H20ClNO/c1-13(2,3)12(8-15)16-9-10-5-4-6-11(14)7-10/h4-7,12H,8-9,15H2,1-3H3. The summed E-state index contributed by atoms with van der Waals surface area (Å²) in [7, 11) is 0. The van der Waals surface area contributed by atoms with Gasteiger partial charge in [0, 0.05) is 11.6 Å². The summed E-state index contributed by atoms with van der Waals surface area (Å²) in [6, 6.07) is 7.70. The lowest BCUT2D eigenvalue weighted by atomic mass is 9.89. The number of hydrogen-bond donors (Lipinski definition) is 1. The number of halogens is 1. The van der Waals surface area contributed by atoms with Gasteiger partial charge in [0.15, 0.2) is 0 Å². The Morgan fingerprint density at radius 1 is 1.38 bits per heavy atom. The first kappa shape index (κ1) is 13.5. The normalized spacial score (nSPS) is 13.8. The molecule has 1 unspecified atom stereocenters. The van der Waals surface area contributed by atoms with E-state index in [0.717, 1.165) is 10.6 Å². The predicted octanol–water partition coefficient (Wildman–Crippen LogP) is 3.23. The van der Waals surface area contributed by atoms with Gasteiger partial charge < -0.3 is 10.5 Å². The Labute approximate surface area is 103 Å². The van der Waals surface area contributed by atoms with Gasteiger partial charge >= 0.3 is 0 Å². The topological polar surface area (TPSA) is 35.2 Å². The monoisotopic (exact) mass is 241 g/mol. The highest BCUT2D eigenvalue weighted by Crippen LogP contribution is 2.22. The lowest BCUT2D eigenvalue weighted by Crippen LogP contribution is -2.36. The molecule has 1 aromatic rings. The molecule has 2 N–H and O–H groups in total. The van der Waals surface area contributed by atoms with Crippen molar-refractivity contribution >= 4 is 11.6 Å². The van der Waals surface area contributed by atoms with E-state index in [2.05, 4.69) is 20.8 Å². The van der Waals surface area contributed by atoms with Crippen molar-refractivity contribution in [1.82, 2.24) is 0 Å². The third kappa shape index (κ3) is 4.12. The highest BCUT2D eigenvalue weighted by molar-refractivity contribution is 6.30. The fraction of sp³-hybridized carbons (Fsp3) is 0.538. The summed E-state index contributed by atoms with van der Waals surface area (Å²) in [6.45, 7) is 7.47. The van der Waals surface area contributed by atoms with Crippen molar-refractivity contribution in [3.05, 3.63) is 34.9 Å². The van der Waals surface area contributed by atoms with Crippen LogP contribution in [0.3, 0.4) is 0 Å². The SMILES string of the molecule is CC(C)(C)C(CN)OCc1cccc(Cl)c1. The number of hydrogen-bond acceptors (Lipinski definition) is 2. The predicted molar refractivity (Wildman–Crippen MR) is 68.5 cm³/mol.